The van der Waals surface area contributed by atoms with Crippen LogP contribution in [0.2, 0.25) is 0 Å². The largest absolute Gasteiger partial charge is 0.295 e. The van der Waals surface area contributed by atoms with Gasteiger partial charge in [0, 0.05) is 18.8 Å². The van der Waals surface area contributed by atoms with E-state index in [-0.39, 0.29) is 0 Å². The Bertz CT molecular complexity index is 858. The minimum absolute atomic E-state index is 0.377. The molecule has 0 saturated carbocycles. The molecule has 1 saturated heterocycles. The van der Waals surface area contributed by atoms with E-state index in [1.54, 1.807) is 0 Å². The van der Waals surface area contributed by atoms with Gasteiger partial charge in [-0.2, -0.15) is 0 Å². The zero-order valence-corrected chi connectivity index (χ0v) is 16.0. The Kier molecular flexibility index (Phi) is 5.58. The van der Waals surface area contributed by atoms with Crippen molar-refractivity contribution in [1.82, 2.24) is 24.4 Å². The quantitative estimate of drug-likeness (QED) is 0.638. The van der Waals surface area contributed by atoms with Gasteiger partial charge in [0.25, 0.3) is 0 Å². The summed E-state index contributed by atoms with van der Waals surface area (Å²) in [6.07, 6.45) is 13.2. The third kappa shape index (κ3) is 4.08. The van der Waals surface area contributed by atoms with Crippen molar-refractivity contribution in [1.29, 1.82) is 0 Å². The lowest BCUT2D eigenvalue weighted by molar-refractivity contribution is 0.249. The number of aryl methyl sites for hydroxylation is 2. The first-order valence-corrected chi connectivity index (χ1v) is 9.97. The van der Waals surface area contributed by atoms with Gasteiger partial charge in [-0.05, 0) is 44.3 Å². The average Bonchev–Trinajstić information content (AvgIpc) is 3.38. The van der Waals surface area contributed by atoms with Crippen LogP contribution in [0.1, 0.15) is 49.3 Å². The highest BCUT2D eigenvalue weighted by molar-refractivity contribution is 5.24. The zero-order chi connectivity index (χ0) is 18.5. The summed E-state index contributed by atoms with van der Waals surface area (Å²) in [5.41, 5.74) is 2.50. The molecular formula is C22H27N5. The molecule has 5 nitrogen and oxygen atoms in total. The molecule has 4 rings (SSSR count). The minimum Gasteiger partial charge on any atom is -0.295 e. The predicted molar refractivity (Wildman–Crippen MR) is 107 cm³/mol. The second kappa shape index (κ2) is 8.44. The number of likely N-dealkylation sites (tertiary alicyclic amines) is 1. The number of benzene rings is 1. The van der Waals surface area contributed by atoms with Gasteiger partial charge in [0.05, 0.1) is 24.1 Å². The highest BCUT2D eigenvalue weighted by atomic mass is 15.2. The van der Waals surface area contributed by atoms with Crippen molar-refractivity contribution in [2.45, 2.75) is 45.1 Å². The fourth-order valence-corrected chi connectivity index (χ4v) is 4.01. The van der Waals surface area contributed by atoms with E-state index in [1.165, 1.54) is 18.4 Å². The van der Waals surface area contributed by atoms with Crippen LogP contribution in [0.4, 0.5) is 0 Å². The number of hydrogen-bond donors (Lipinski definition) is 0. The second-order valence-electron chi connectivity index (χ2n) is 7.15. The first-order chi connectivity index (χ1) is 13.3. The molecule has 1 atom stereocenters. The Morgan fingerprint density at radius 2 is 2.04 bits per heavy atom. The van der Waals surface area contributed by atoms with Gasteiger partial charge in [-0.15, -0.1) is 0 Å². The molecule has 2 aromatic heterocycles. The minimum atomic E-state index is 0.377. The fourth-order valence-electron chi connectivity index (χ4n) is 4.01. The van der Waals surface area contributed by atoms with Crippen molar-refractivity contribution in [3.8, 4) is 5.82 Å². The van der Waals surface area contributed by atoms with Crippen LogP contribution in [0.25, 0.3) is 5.82 Å². The molecule has 1 aliphatic rings. The summed E-state index contributed by atoms with van der Waals surface area (Å²) in [5, 5.41) is 0. The van der Waals surface area contributed by atoms with Crippen LogP contribution in [0.5, 0.6) is 0 Å². The summed E-state index contributed by atoms with van der Waals surface area (Å²) in [6, 6.07) is 11.1. The van der Waals surface area contributed by atoms with Crippen molar-refractivity contribution in [3.63, 3.8) is 0 Å². The van der Waals surface area contributed by atoms with Crippen molar-refractivity contribution in [3.05, 3.63) is 72.2 Å². The Labute approximate surface area is 161 Å². The molecule has 1 aromatic carbocycles. The normalized spacial score (nSPS) is 17.4. The fraction of sp³-hybridized carbons (Fsp3) is 0.409. The molecule has 0 amide bonds. The highest BCUT2D eigenvalue weighted by Crippen LogP contribution is 2.31. The monoisotopic (exact) mass is 361 g/mol. The Morgan fingerprint density at radius 1 is 1.15 bits per heavy atom. The van der Waals surface area contributed by atoms with Crippen LogP contribution >= 0.6 is 0 Å². The molecule has 0 aliphatic carbocycles. The number of hydrogen-bond acceptors (Lipinski definition) is 4. The van der Waals surface area contributed by atoms with Crippen molar-refractivity contribution in [2.75, 3.05) is 13.1 Å². The molecule has 0 unspecified atom stereocenters. The molecule has 0 N–H and O–H groups in total. The van der Waals surface area contributed by atoms with E-state index in [4.69, 9.17) is 4.98 Å². The zero-order valence-electron chi connectivity index (χ0n) is 16.0. The summed E-state index contributed by atoms with van der Waals surface area (Å²) in [4.78, 5) is 16.4. The summed E-state index contributed by atoms with van der Waals surface area (Å²) < 4.78 is 2.05. The van der Waals surface area contributed by atoms with Crippen molar-refractivity contribution < 1.29 is 0 Å². The van der Waals surface area contributed by atoms with Crippen molar-refractivity contribution >= 4 is 0 Å². The van der Waals surface area contributed by atoms with Crippen LogP contribution in [0, 0.1) is 0 Å². The van der Waals surface area contributed by atoms with Gasteiger partial charge in [-0.3, -0.25) is 14.5 Å². The van der Waals surface area contributed by atoms with Gasteiger partial charge in [0.15, 0.2) is 5.82 Å². The lowest BCUT2D eigenvalue weighted by atomic mass is 10.1. The van der Waals surface area contributed by atoms with Gasteiger partial charge in [0.1, 0.15) is 5.82 Å². The molecule has 3 heterocycles. The van der Waals surface area contributed by atoms with Gasteiger partial charge < -0.3 is 0 Å². The smallest absolute Gasteiger partial charge is 0.156 e. The maximum atomic E-state index is 4.94. The number of aromatic nitrogens is 4. The first kappa shape index (κ1) is 17.9. The van der Waals surface area contributed by atoms with Gasteiger partial charge in [-0.1, -0.05) is 37.3 Å². The van der Waals surface area contributed by atoms with Crippen LogP contribution in [0.15, 0.2) is 55.1 Å². The molecular weight excluding hydrogens is 334 g/mol. The molecule has 27 heavy (non-hydrogen) atoms. The lowest BCUT2D eigenvalue weighted by Gasteiger charge is -2.24. The Morgan fingerprint density at radius 3 is 2.89 bits per heavy atom. The third-order valence-electron chi connectivity index (χ3n) is 5.38. The summed E-state index contributed by atoms with van der Waals surface area (Å²) in [6.45, 7) is 4.37. The molecule has 3 aromatic rings. The SMILES string of the molecule is CCc1nccn1-c1cncc([C@@H]2CCCN2CCCc2ccccc2)n1. The standard InChI is InChI=1S/C22H27N5/c1-2-21-24-12-15-27(21)22-17-23-16-19(25-22)20-11-7-14-26(20)13-6-10-18-8-4-3-5-9-18/h3-5,8-9,12,15-17,20H,2,6-7,10-11,13-14H2,1H3/t20-/m0/s1. The van der Waals surface area contributed by atoms with E-state index < -0.39 is 0 Å². The van der Waals surface area contributed by atoms with Crippen LogP contribution in [0.3, 0.4) is 0 Å². The molecule has 5 heteroatoms. The van der Waals surface area contributed by atoms with Crippen LogP contribution in [-0.2, 0) is 12.8 Å². The molecule has 0 radical (unpaired) electrons. The molecule has 1 aliphatic heterocycles. The number of rotatable bonds is 7. The third-order valence-corrected chi connectivity index (χ3v) is 5.38. The van der Waals surface area contributed by atoms with Crippen LogP contribution in [-0.4, -0.2) is 37.5 Å². The predicted octanol–water partition coefficient (Wildman–Crippen LogP) is 3.99. The Hall–Kier alpha value is -2.53. The van der Waals surface area contributed by atoms with E-state index in [0.717, 1.165) is 49.7 Å². The number of imidazole rings is 1. The van der Waals surface area contributed by atoms with E-state index in [1.807, 2.05) is 29.4 Å². The van der Waals surface area contributed by atoms with E-state index in [2.05, 4.69) is 52.1 Å². The van der Waals surface area contributed by atoms with Gasteiger partial charge in [-0.25, -0.2) is 9.97 Å². The van der Waals surface area contributed by atoms with Gasteiger partial charge >= 0.3 is 0 Å². The topological polar surface area (TPSA) is 46.8 Å². The molecule has 0 bridgehead atoms. The number of nitrogens with zero attached hydrogens (tertiary/aromatic N) is 5. The van der Waals surface area contributed by atoms with Crippen LogP contribution < -0.4 is 0 Å². The summed E-state index contributed by atoms with van der Waals surface area (Å²) >= 11 is 0. The maximum absolute atomic E-state index is 4.94. The van der Waals surface area contributed by atoms with Crippen molar-refractivity contribution in [2.24, 2.45) is 0 Å². The first-order valence-electron chi connectivity index (χ1n) is 9.97. The van der Waals surface area contributed by atoms with Gasteiger partial charge in [0.2, 0.25) is 0 Å². The van der Waals surface area contributed by atoms with E-state index >= 15 is 0 Å². The highest BCUT2D eigenvalue weighted by Gasteiger charge is 2.27. The van der Waals surface area contributed by atoms with E-state index in [9.17, 15) is 0 Å². The molecule has 140 valence electrons. The summed E-state index contributed by atoms with van der Waals surface area (Å²) in [7, 11) is 0. The van der Waals surface area contributed by atoms with E-state index in [0.29, 0.717) is 6.04 Å². The lowest BCUT2D eigenvalue weighted by Crippen LogP contribution is -2.25. The second-order valence-corrected chi connectivity index (χ2v) is 7.15. The molecule has 0 spiro atoms. The molecule has 1 fully saturated rings. The average molecular weight is 361 g/mol. The Balaban J connectivity index is 1.45. The maximum Gasteiger partial charge on any atom is 0.156 e. The summed E-state index contributed by atoms with van der Waals surface area (Å²) in [5.74, 6) is 1.89.